The van der Waals surface area contributed by atoms with Gasteiger partial charge in [0.1, 0.15) is 0 Å². The lowest BCUT2D eigenvalue weighted by molar-refractivity contribution is 0.215. The number of benzene rings is 1. The highest BCUT2D eigenvalue weighted by atomic mass is 35.5. The molecule has 1 unspecified atom stereocenters. The zero-order chi connectivity index (χ0) is 13.8. The predicted octanol–water partition coefficient (Wildman–Crippen LogP) is 2.32. The molecule has 1 heterocycles. The van der Waals surface area contributed by atoms with Crippen LogP contribution in [0, 0.1) is 0 Å². The molecule has 1 saturated heterocycles. The molecule has 0 saturated carbocycles. The highest BCUT2D eigenvalue weighted by Crippen LogP contribution is 2.21. The first kappa shape index (κ1) is 14.8. The fourth-order valence-corrected chi connectivity index (χ4v) is 3.03. The minimum absolute atomic E-state index is 0.544. The number of hydrogen-bond acceptors (Lipinski definition) is 3. The third kappa shape index (κ3) is 3.93. The molecule has 0 radical (unpaired) electrons. The molecule has 106 valence electrons. The predicted molar refractivity (Wildman–Crippen MR) is 81.3 cm³/mol. The van der Waals surface area contributed by atoms with Crippen molar-refractivity contribution in [2.24, 2.45) is 5.73 Å². The van der Waals surface area contributed by atoms with Crippen molar-refractivity contribution in [3.63, 3.8) is 0 Å². The smallest absolute Gasteiger partial charge is 0.0454 e. The molecule has 0 bridgehead atoms. The van der Waals surface area contributed by atoms with E-state index in [1.165, 1.54) is 24.9 Å². The number of halogens is 1. The summed E-state index contributed by atoms with van der Waals surface area (Å²) >= 11 is 6.30. The second-order valence-electron chi connectivity index (χ2n) is 5.60. The standard InChI is InChI=1S/C15H24ClN3/c1-18(11-14-4-3-7-19(14)2)10-13-6-5-12(9-17)8-15(13)16/h5-6,8,14H,3-4,7,9-11,17H2,1-2H3. The molecule has 1 fully saturated rings. The maximum absolute atomic E-state index is 6.30. The molecule has 4 heteroatoms. The van der Waals surface area contributed by atoms with Crippen LogP contribution in [-0.2, 0) is 13.1 Å². The highest BCUT2D eigenvalue weighted by molar-refractivity contribution is 6.31. The molecule has 2 N–H and O–H groups in total. The van der Waals surface area contributed by atoms with Gasteiger partial charge in [-0.25, -0.2) is 0 Å². The lowest BCUT2D eigenvalue weighted by atomic mass is 10.1. The van der Waals surface area contributed by atoms with Gasteiger partial charge < -0.3 is 15.5 Å². The highest BCUT2D eigenvalue weighted by Gasteiger charge is 2.22. The van der Waals surface area contributed by atoms with Crippen LogP contribution in [-0.4, -0.2) is 43.0 Å². The van der Waals surface area contributed by atoms with Crippen molar-refractivity contribution in [1.29, 1.82) is 0 Å². The van der Waals surface area contributed by atoms with Gasteiger partial charge in [-0.3, -0.25) is 0 Å². The van der Waals surface area contributed by atoms with E-state index in [1.54, 1.807) is 0 Å². The van der Waals surface area contributed by atoms with E-state index in [4.69, 9.17) is 17.3 Å². The fraction of sp³-hybridized carbons (Fsp3) is 0.600. The first-order valence-electron chi connectivity index (χ1n) is 6.96. The van der Waals surface area contributed by atoms with Crippen LogP contribution in [0.2, 0.25) is 5.02 Å². The van der Waals surface area contributed by atoms with Gasteiger partial charge in [-0.2, -0.15) is 0 Å². The minimum Gasteiger partial charge on any atom is -0.326 e. The Hall–Kier alpha value is -0.610. The van der Waals surface area contributed by atoms with Crippen LogP contribution < -0.4 is 5.73 Å². The quantitative estimate of drug-likeness (QED) is 0.899. The summed E-state index contributed by atoms with van der Waals surface area (Å²) in [6, 6.07) is 6.83. The van der Waals surface area contributed by atoms with Crippen LogP contribution in [0.25, 0.3) is 0 Å². The molecule has 0 amide bonds. The van der Waals surface area contributed by atoms with Crippen LogP contribution >= 0.6 is 11.6 Å². The number of rotatable bonds is 5. The van der Waals surface area contributed by atoms with E-state index in [-0.39, 0.29) is 0 Å². The number of nitrogens with zero attached hydrogens (tertiary/aromatic N) is 2. The van der Waals surface area contributed by atoms with Crippen LogP contribution in [0.3, 0.4) is 0 Å². The van der Waals surface area contributed by atoms with E-state index in [2.05, 4.69) is 36.0 Å². The van der Waals surface area contributed by atoms with Gasteiger partial charge in [0.2, 0.25) is 0 Å². The van der Waals surface area contributed by atoms with E-state index in [0.29, 0.717) is 12.6 Å². The first-order valence-corrected chi connectivity index (χ1v) is 7.34. The zero-order valence-electron chi connectivity index (χ0n) is 11.9. The van der Waals surface area contributed by atoms with Crippen molar-refractivity contribution in [1.82, 2.24) is 9.80 Å². The summed E-state index contributed by atoms with van der Waals surface area (Å²) in [5.41, 5.74) is 7.89. The fourth-order valence-electron chi connectivity index (χ4n) is 2.77. The van der Waals surface area contributed by atoms with E-state index in [9.17, 15) is 0 Å². The average Bonchev–Trinajstić information content (AvgIpc) is 2.77. The average molecular weight is 282 g/mol. The Morgan fingerprint density at radius 3 is 2.84 bits per heavy atom. The molecule has 1 aromatic carbocycles. The molecular formula is C15H24ClN3. The summed E-state index contributed by atoms with van der Waals surface area (Å²) < 4.78 is 0. The summed E-state index contributed by atoms with van der Waals surface area (Å²) in [7, 11) is 4.38. The Bertz CT molecular complexity index is 422. The van der Waals surface area contributed by atoms with Crippen molar-refractivity contribution in [3.8, 4) is 0 Å². The molecule has 19 heavy (non-hydrogen) atoms. The summed E-state index contributed by atoms with van der Waals surface area (Å²) in [5.74, 6) is 0. The summed E-state index contributed by atoms with van der Waals surface area (Å²) in [4.78, 5) is 4.81. The van der Waals surface area contributed by atoms with Crippen molar-refractivity contribution in [2.75, 3.05) is 27.2 Å². The molecule has 2 rings (SSSR count). The van der Waals surface area contributed by atoms with Gasteiger partial charge in [0.05, 0.1) is 0 Å². The molecule has 1 aliphatic heterocycles. The van der Waals surface area contributed by atoms with Crippen LogP contribution in [0.1, 0.15) is 24.0 Å². The Balaban J connectivity index is 1.93. The van der Waals surface area contributed by atoms with E-state index < -0.39 is 0 Å². The molecule has 1 aliphatic rings. The van der Waals surface area contributed by atoms with Gasteiger partial charge in [0, 0.05) is 30.7 Å². The largest absolute Gasteiger partial charge is 0.326 e. The lowest BCUT2D eigenvalue weighted by Gasteiger charge is -2.26. The van der Waals surface area contributed by atoms with E-state index >= 15 is 0 Å². The topological polar surface area (TPSA) is 32.5 Å². The maximum Gasteiger partial charge on any atom is 0.0454 e. The maximum atomic E-state index is 6.30. The second kappa shape index (κ2) is 6.71. The number of likely N-dealkylation sites (N-methyl/N-ethyl adjacent to an activating group) is 2. The van der Waals surface area contributed by atoms with E-state index in [0.717, 1.165) is 23.7 Å². The molecule has 0 aromatic heterocycles. The lowest BCUT2D eigenvalue weighted by Crippen LogP contribution is -2.36. The summed E-state index contributed by atoms with van der Waals surface area (Å²) in [5, 5.41) is 0.828. The van der Waals surface area contributed by atoms with Gasteiger partial charge in [-0.15, -0.1) is 0 Å². The number of nitrogens with two attached hydrogens (primary N) is 1. The van der Waals surface area contributed by atoms with Gasteiger partial charge in [0.25, 0.3) is 0 Å². The van der Waals surface area contributed by atoms with Crippen LogP contribution in [0.15, 0.2) is 18.2 Å². The molecule has 0 spiro atoms. The molecular weight excluding hydrogens is 258 g/mol. The van der Waals surface area contributed by atoms with Gasteiger partial charge >= 0.3 is 0 Å². The SMILES string of the molecule is CN(Cc1ccc(CN)cc1Cl)CC1CCCN1C. The van der Waals surface area contributed by atoms with Crippen LogP contribution in [0.5, 0.6) is 0 Å². The minimum atomic E-state index is 0.544. The van der Waals surface area contributed by atoms with Gasteiger partial charge in [-0.1, -0.05) is 23.7 Å². The molecule has 3 nitrogen and oxygen atoms in total. The number of likely N-dealkylation sites (tertiary alicyclic amines) is 1. The van der Waals surface area contributed by atoms with Crippen molar-refractivity contribution in [3.05, 3.63) is 34.3 Å². The molecule has 0 aliphatic carbocycles. The third-order valence-electron chi connectivity index (χ3n) is 3.99. The van der Waals surface area contributed by atoms with Gasteiger partial charge in [-0.05, 0) is 50.7 Å². The van der Waals surface area contributed by atoms with Gasteiger partial charge in [0.15, 0.2) is 0 Å². The Labute approximate surface area is 121 Å². The van der Waals surface area contributed by atoms with Crippen molar-refractivity contribution in [2.45, 2.75) is 32.0 Å². The Kier molecular flexibility index (Phi) is 5.22. The second-order valence-corrected chi connectivity index (χ2v) is 6.01. The Morgan fingerprint density at radius 2 is 2.26 bits per heavy atom. The monoisotopic (exact) mass is 281 g/mol. The van der Waals surface area contributed by atoms with Crippen molar-refractivity contribution >= 4 is 11.6 Å². The van der Waals surface area contributed by atoms with Crippen LogP contribution in [0.4, 0.5) is 0 Å². The molecule has 1 aromatic rings. The van der Waals surface area contributed by atoms with Crippen molar-refractivity contribution < 1.29 is 0 Å². The summed E-state index contributed by atoms with van der Waals surface area (Å²) in [6.45, 7) is 3.77. The number of hydrogen-bond donors (Lipinski definition) is 1. The molecule has 1 atom stereocenters. The Morgan fingerprint density at radius 1 is 1.47 bits per heavy atom. The zero-order valence-corrected chi connectivity index (χ0v) is 12.7. The third-order valence-corrected chi connectivity index (χ3v) is 4.34. The normalized spacial score (nSPS) is 20.4. The van der Waals surface area contributed by atoms with E-state index in [1.807, 2.05) is 6.07 Å². The summed E-state index contributed by atoms with van der Waals surface area (Å²) in [6.07, 6.45) is 2.63. The first-order chi connectivity index (χ1) is 9.10.